The Morgan fingerprint density at radius 3 is 2.74 bits per heavy atom. The molecule has 0 unspecified atom stereocenters. The van der Waals surface area contributed by atoms with E-state index in [-0.39, 0.29) is 5.60 Å². The van der Waals surface area contributed by atoms with Crippen molar-refractivity contribution in [1.82, 2.24) is 15.5 Å². The minimum absolute atomic E-state index is 0.116. The van der Waals surface area contributed by atoms with Gasteiger partial charge >= 0.3 is 0 Å². The average molecular weight is 280 g/mol. The first-order valence-corrected chi connectivity index (χ1v) is 6.46. The van der Waals surface area contributed by atoms with Crippen LogP contribution in [0.4, 0.5) is 0 Å². The third-order valence-corrected chi connectivity index (χ3v) is 3.36. The number of hydrogen-bond acceptors (Lipinski definition) is 5. The fraction of sp³-hybridized carbons (Fsp3) is 0.385. The van der Waals surface area contributed by atoms with Crippen molar-refractivity contribution in [1.29, 1.82) is 0 Å². The predicted octanol–water partition coefficient (Wildman–Crippen LogP) is 2.27. The summed E-state index contributed by atoms with van der Waals surface area (Å²) in [6, 6.07) is 7.30. The number of nitrogens with zero attached hydrogens (tertiary/aromatic N) is 2. The van der Waals surface area contributed by atoms with Crippen LogP contribution in [0.5, 0.6) is 0 Å². The van der Waals surface area contributed by atoms with Gasteiger partial charge in [-0.15, -0.1) is 0 Å². The molecule has 1 N–H and O–H groups in total. The Hall–Kier alpha value is -1.43. The Morgan fingerprint density at radius 1 is 1.37 bits per heavy atom. The second-order valence-corrected chi connectivity index (χ2v) is 5.30. The Labute approximate surface area is 115 Å². The lowest BCUT2D eigenvalue weighted by atomic mass is 10.0. The van der Waals surface area contributed by atoms with E-state index >= 15 is 0 Å². The lowest BCUT2D eigenvalue weighted by molar-refractivity contribution is -0.0841. The Kier molecular flexibility index (Phi) is 3.26. The van der Waals surface area contributed by atoms with Gasteiger partial charge in [0.1, 0.15) is 6.61 Å². The molecule has 0 amide bonds. The molecular formula is C13H14ClN3O2. The molecule has 100 valence electrons. The second-order valence-electron chi connectivity index (χ2n) is 4.86. The van der Waals surface area contributed by atoms with Crippen molar-refractivity contribution in [3.05, 3.63) is 35.2 Å². The van der Waals surface area contributed by atoms with E-state index in [0.717, 1.165) is 18.7 Å². The first-order chi connectivity index (χ1) is 9.15. The number of rotatable bonds is 4. The monoisotopic (exact) mass is 279 g/mol. The zero-order valence-electron chi connectivity index (χ0n) is 10.5. The van der Waals surface area contributed by atoms with E-state index in [1.165, 1.54) is 0 Å². The van der Waals surface area contributed by atoms with Crippen LogP contribution in [0.1, 0.15) is 12.8 Å². The van der Waals surface area contributed by atoms with Gasteiger partial charge in [0.25, 0.3) is 5.89 Å². The molecule has 0 bridgehead atoms. The highest BCUT2D eigenvalue weighted by molar-refractivity contribution is 6.30. The van der Waals surface area contributed by atoms with Crippen LogP contribution >= 0.6 is 11.6 Å². The average Bonchev–Trinajstić information content (AvgIpc) is 2.84. The number of ether oxygens (including phenoxy) is 1. The summed E-state index contributed by atoms with van der Waals surface area (Å²) in [6.45, 7) is 4.09. The summed E-state index contributed by atoms with van der Waals surface area (Å²) in [5, 5.41) is 7.79. The number of hydrogen-bond donors (Lipinski definition) is 1. The Morgan fingerprint density at radius 2 is 2.11 bits per heavy atom. The van der Waals surface area contributed by atoms with Crippen molar-refractivity contribution < 1.29 is 9.26 Å². The molecule has 2 heterocycles. The van der Waals surface area contributed by atoms with Crippen molar-refractivity contribution in [3.63, 3.8) is 0 Å². The van der Waals surface area contributed by atoms with Crippen LogP contribution in [-0.2, 0) is 11.3 Å². The van der Waals surface area contributed by atoms with Gasteiger partial charge in [-0.1, -0.05) is 16.8 Å². The fourth-order valence-corrected chi connectivity index (χ4v) is 1.97. The molecule has 0 aliphatic carbocycles. The Bertz CT molecular complexity index is 564. The lowest BCUT2D eigenvalue weighted by Crippen LogP contribution is -2.58. The minimum Gasteiger partial charge on any atom is -0.363 e. The lowest BCUT2D eigenvalue weighted by Gasteiger charge is -2.38. The van der Waals surface area contributed by atoms with Crippen LogP contribution < -0.4 is 5.32 Å². The Balaban J connectivity index is 1.67. The third kappa shape index (κ3) is 2.78. The maximum atomic E-state index is 5.84. The quantitative estimate of drug-likeness (QED) is 0.930. The van der Waals surface area contributed by atoms with Crippen LogP contribution in [0.25, 0.3) is 11.4 Å². The van der Waals surface area contributed by atoms with E-state index in [2.05, 4.69) is 22.4 Å². The second kappa shape index (κ2) is 4.92. The molecule has 0 radical (unpaired) electrons. The topological polar surface area (TPSA) is 60.2 Å². The van der Waals surface area contributed by atoms with Gasteiger partial charge in [0.05, 0.1) is 5.60 Å². The molecule has 5 nitrogen and oxygen atoms in total. The van der Waals surface area contributed by atoms with Gasteiger partial charge in [0, 0.05) is 23.7 Å². The van der Waals surface area contributed by atoms with Gasteiger partial charge in [-0.05, 0) is 31.2 Å². The van der Waals surface area contributed by atoms with Crippen molar-refractivity contribution in [2.45, 2.75) is 19.1 Å². The summed E-state index contributed by atoms with van der Waals surface area (Å²) in [5.74, 6) is 1.03. The molecule has 0 atom stereocenters. The standard InChI is InChI=1S/C13H14ClN3O2/c1-13(7-15-8-13)18-6-11-16-12(17-19-11)9-2-4-10(14)5-3-9/h2-5,15H,6-8H2,1H3. The smallest absolute Gasteiger partial charge is 0.252 e. The van der Waals surface area contributed by atoms with Gasteiger partial charge in [0.15, 0.2) is 0 Å². The summed E-state index contributed by atoms with van der Waals surface area (Å²) in [4.78, 5) is 4.31. The molecular weight excluding hydrogens is 266 g/mol. The van der Waals surface area contributed by atoms with E-state index < -0.39 is 0 Å². The SMILES string of the molecule is CC1(OCc2nc(-c3ccc(Cl)cc3)no2)CNC1. The van der Waals surface area contributed by atoms with Gasteiger partial charge in [-0.3, -0.25) is 0 Å². The van der Waals surface area contributed by atoms with Gasteiger partial charge < -0.3 is 14.6 Å². The van der Waals surface area contributed by atoms with Crippen molar-refractivity contribution in [2.24, 2.45) is 0 Å². The highest BCUT2D eigenvalue weighted by atomic mass is 35.5. The molecule has 0 spiro atoms. The fourth-order valence-electron chi connectivity index (χ4n) is 1.84. The van der Waals surface area contributed by atoms with Crippen LogP contribution in [-0.4, -0.2) is 28.8 Å². The van der Waals surface area contributed by atoms with Crippen LogP contribution in [0.2, 0.25) is 5.02 Å². The van der Waals surface area contributed by atoms with Crippen LogP contribution in [0, 0.1) is 0 Å². The van der Waals surface area contributed by atoms with Crippen LogP contribution in [0.3, 0.4) is 0 Å². The van der Waals surface area contributed by atoms with E-state index in [4.69, 9.17) is 20.9 Å². The highest BCUT2D eigenvalue weighted by Gasteiger charge is 2.33. The normalized spacial score (nSPS) is 17.2. The molecule has 6 heteroatoms. The van der Waals surface area contributed by atoms with E-state index in [0.29, 0.717) is 23.3 Å². The zero-order chi connectivity index (χ0) is 13.3. The first-order valence-electron chi connectivity index (χ1n) is 6.08. The molecule has 1 aliphatic heterocycles. The molecule has 1 aliphatic rings. The molecule has 1 fully saturated rings. The highest BCUT2D eigenvalue weighted by Crippen LogP contribution is 2.21. The van der Waals surface area contributed by atoms with Crippen LogP contribution in [0.15, 0.2) is 28.8 Å². The van der Waals surface area contributed by atoms with Gasteiger partial charge in [-0.2, -0.15) is 4.98 Å². The number of nitrogens with one attached hydrogen (secondary N) is 1. The number of aromatic nitrogens is 2. The molecule has 1 aromatic heterocycles. The van der Waals surface area contributed by atoms with E-state index in [9.17, 15) is 0 Å². The van der Waals surface area contributed by atoms with Gasteiger partial charge in [0.2, 0.25) is 5.82 Å². The van der Waals surface area contributed by atoms with Crippen molar-refractivity contribution in [3.8, 4) is 11.4 Å². The maximum Gasteiger partial charge on any atom is 0.252 e. The number of halogens is 1. The molecule has 1 saturated heterocycles. The molecule has 1 aromatic carbocycles. The summed E-state index contributed by atoms with van der Waals surface area (Å²) < 4.78 is 10.9. The summed E-state index contributed by atoms with van der Waals surface area (Å²) in [5.41, 5.74) is 0.755. The summed E-state index contributed by atoms with van der Waals surface area (Å²) >= 11 is 5.84. The summed E-state index contributed by atoms with van der Waals surface area (Å²) in [7, 11) is 0. The van der Waals surface area contributed by atoms with E-state index in [1.807, 2.05) is 12.1 Å². The predicted molar refractivity (Wildman–Crippen MR) is 70.8 cm³/mol. The molecule has 2 aromatic rings. The maximum absolute atomic E-state index is 5.84. The van der Waals surface area contributed by atoms with E-state index in [1.54, 1.807) is 12.1 Å². The van der Waals surface area contributed by atoms with Crippen molar-refractivity contribution in [2.75, 3.05) is 13.1 Å². The third-order valence-electron chi connectivity index (χ3n) is 3.11. The largest absolute Gasteiger partial charge is 0.363 e. The first kappa shape index (κ1) is 12.6. The van der Waals surface area contributed by atoms with Crippen molar-refractivity contribution >= 4 is 11.6 Å². The zero-order valence-corrected chi connectivity index (χ0v) is 11.3. The minimum atomic E-state index is -0.116. The molecule has 19 heavy (non-hydrogen) atoms. The molecule has 0 saturated carbocycles. The number of benzene rings is 1. The summed E-state index contributed by atoms with van der Waals surface area (Å²) in [6.07, 6.45) is 0. The van der Waals surface area contributed by atoms with Gasteiger partial charge in [-0.25, -0.2) is 0 Å². The molecule has 3 rings (SSSR count).